The Morgan fingerprint density at radius 1 is 1.13 bits per heavy atom. The summed E-state index contributed by atoms with van der Waals surface area (Å²) in [5, 5.41) is 2.59. The number of carbonyl (C=O) groups excluding carboxylic acids is 2. The highest BCUT2D eigenvalue weighted by Gasteiger charge is 2.43. The van der Waals surface area contributed by atoms with Gasteiger partial charge in [-0.3, -0.25) is 4.79 Å². The Morgan fingerprint density at radius 3 is 2.48 bits per heavy atom. The van der Waals surface area contributed by atoms with Gasteiger partial charge in [-0.25, -0.2) is 17.9 Å². The number of sulfonamides is 1. The Morgan fingerprint density at radius 2 is 1.84 bits per heavy atom. The Kier molecular flexibility index (Phi) is 5.97. The smallest absolute Gasteiger partial charge is 0.329 e. The third-order valence-electron chi connectivity index (χ3n) is 5.68. The molecule has 164 valence electrons. The molecule has 8 nitrogen and oxygen atoms in total. The minimum Gasteiger partial charge on any atom is -0.374 e. The van der Waals surface area contributed by atoms with Crippen molar-refractivity contribution in [2.75, 3.05) is 13.2 Å². The van der Waals surface area contributed by atoms with Crippen LogP contribution in [0.15, 0.2) is 59.5 Å². The molecule has 3 amide bonds. The van der Waals surface area contributed by atoms with Crippen molar-refractivity contribution in [3.63, 3.8) is 0 Å². The number of morpholine rings is 1. The van der Waals surface area contributed by atoms with Gasteiger partial charge in [-0.15, -0.1) is 0 Å². The summed E-state index contributed by atoms with van der Waals surface area (Å²) in [6, 6.07) is 13.9. The molecule has 2 heterocycles. The Bertz CT molecular complexity index is 1070. The van der Waals surface area contributed by atoms with Crippen LogP contribution in [0.5, 0.6) is 0 Å². The molecular formula is C22H25N3O5S. The molecule has 2 aromatic rings. The molecule has 2 saturated heterocycles. The van der Waals surface area contributed by atoms with Gasteiger partial charge in [-0.2, -0.15) is 0 Å². The number of nitrogens with one attached hydrogen (secondary N) is 2. The Balaban J connectivity index is 1.50. The monoisotopic (exact) mass is 443 g/mol. The first-order valence-corrected chi connectivity index (χ1v) is 11.7. The topological polar surface area (TPSA) is 105 Å². The minimum atomic E-state index is -4.07. The van der Waals surface area contributed by atoms with E-state index in [0.717, 1.165) is 12.0 Å². The Hall–Kier alpha value is -2.91. The molecule has 0 aliphatic carbocycles. The van der Waals surface area contributed by atoms with Crippen molar-refractivity contribution >= 4 is 22.0 Å². The van der Waals surface area contributed by atoms with E-state index >= 15 is 0 Å². The molecule has 0 spiro atoms. The number of carbonyl (C=O) groups is 2. The summed E-state index contributed by atoms with van der Waals surface area (Å²) in [4.78, 5) is 27.6. The SMILES string of the molecule is Cc1ccccc1S(=O)(=O)NC(=O)N[C@@H](Cc1ccccc1)C(=O)N1C[C@@H]2C[C@H]1CO2. The Labute approximate surface area is 181 Å². The molecular weight excluding hydrogens is 418 g/mol. The van der Waals surface area contributed by atoms with Crippen LogP contribution >= 0.6 is 0 Å². The van der Waals surface area contributed by atoms with Crippen LogP contribution in [0.4, 0.5) is 4.79 Å². The normalized spacial score (nSPS) is 21.0. The van der Waals surface area contributed by atoms with Gasteiger partial charge in [0.2, 0.25) is 5.91 Å². The van der Waals surface area contributed by atoms with Crippen molar-refractivity contribution in [2.24, 2.45) is 0 Å². The summed E-state index contributed by atoms with van der Waals surface area (Å²) in [5.74, 6) is -0.233. The van der Waals surface area contributed by atoms with Crippen molar-refractivity contribution in [3.8, 4) is 0 Å². The summed E-state index contributed by atoms with van der Waals surface area (Å²) >= 11 is 0. The lowest BCUT2D eigenvalue weighted by molar-refractivity contribution is -0.137. The summed E-state index contributed by atoms with van der Waals surface area (Å²) in [6.07, 6.45) is 1.07. The van der Waals surface area contributed by atoms with E-state index in [1.54, 1.807) is 30.0 Å². The van der Waals surface area contributed by atoms with E-state index in [1.807, 2.05) is 35.1 Å². The fourth-order valence-corrected chi connectivity index (χ4v) is 5.30. The number of fused-ring (bicyclic) bond motifs is 2. The van der Waals surface area contributed by atoms with Gasteiger partial charge in [0.1, 0.15) is 6.04 Å². The predicted molar refractivity (Wildman–Crippen MR) is 114 cm³/mol. The molecule has 0 aromatic heterocycles. The average Bonchev–Trinajstić information content (AvgIpc) is 3.37. The molecule has 0 radical (unpaired) electrons. The molecule has 0 saturated carbocycles. The lowest BCUT2D eigenvalue weighted by Gasteiger charge is -2.31. The lowest BCUT2D eigenvalue weighted by Crippen LogP contribution is -2.55. The molecule has 2 fully saturated rings. The standard InChI is InChI=1S/C22H25N3O5S/c1-15-7-5-6-10-20(15)31(28,29)24-22(27)23-19(11-16-8-3-2-4-9-16)21(26)25-13-18-12-17(25)14-30-18/h2-10,17-19H,11-14H2,1H3,(H2,23,24,27)/t17-,18-,19-/m0/s1. The average molecular weight is 444 g/mol. The highest BCUT2D eigenvalue weighted by atomic mass is 32.2. The predicted octanol–water partition coefficient (Wildman–Crippen LogP) is 1.59. The molecule has 3 atom stereocenters. The zero-order valence-corrected chi connectivity index (χ0v) is 18.0. The fourth-order valence-electron chi connectivity index (χ4n) is 4.14. The van der Waals surface area contributed by atoms with Crippen LogP contribution in [0, 0.1) is 6.92 Å². The van der Waals surface area contributed by atoms with Gasteiger partial charge in [-0.1, -0.05) is 48.5 Å². The van der Waals surface area contributed by atoms with Gasteiger partial charge < -0.3 is 15.0 Å². The first-order chi connectivity index (χ1) is 14.8. The van der Waals surface area contributed by atoms with Crippen LogP contribution < -0.4 is 10.0 Å². The second kappa shape index (κ2) is 8.68. The van der Waals surface area contributed by atoms with E-state index in [4.69, 9.17) is 4.74 Å². The maximum absolute atomic E-state index is 13.2. The van der Waals surface area contributed by atoms with Crippen molar-refractivity contribution < 1.29 is 22.7 Å². The molecule has 9 heteroatoms. The van der Waals surface area contributed by atoms with Crippen LogP contribution in [-0.4, -0.2) is 56.6 Å². The van der Waals surface area contributed by atoms with Crippen LogP contribution in [0.25, 0.3) is 0 Å². The van der Waals surface area contributed by atoms with E-state index in [0.29, 0.717) is 18.7 Å². The third-order valence-corrected chi connectivity index (χ3v) is 7.17. The molecule has 2 N–H and O–H groups in total. The number of likely N-dealkylation sites (tertiary alicyclic amines) is 1. The number of hydrogen-bond acceptors (Lipinski definition) is 5. The zero-order valence-electron chi connectivity index (χ0n) is 17.2. The molecule has 2 aromatic carbocycles. The summed E-state index contributed by atoms with van der Waals surface area (Å²) < 4.78 is 32.9. The number of nitrogens with zero attached hydrogens (tertiary/aromatic N) is 1. The van der Waals surface area contributed by atoms with E-state index in [9.17, 15) is 18.0 Å². The van der Waals surface area contributed by atoms with E-state index < -0.39 is 22.1 Å². The van der Waals surface area contributed by atoms with Gasteiger partial charge in [-0.05, 0) is 30.5 Å². The fraction of sp³-hybridized carbons (Fsp3) is 0.364. The maximum atomic E-state index is 13.2. The number of aryl methyl sites for hydroxylation is 1. The van der Waals surface area contributed by atoms with Crippen molar-refractivity contribution in [2.45, 2.75) is 42.8 Å². The van der Waals surface area contributed by atoms with Crippen LogP contribution in [-0.2, 0) is 26.0 Å². The zero-order chi connectivity index (χ0) is 22.0. The van der Waals surface area contributed by atoms with E-state index in [2.05, 4.69) is 5.32 Å². The van der Waals surface area contributed by atoms with E-state index in [1.165, 1.54) is 6.07 Å². The summed E-state index contributed by atoms with van der Waals surface area (Å²) in [7, 11) is -4.07. The lowest BCUT2D eigenvalue weighted by atomic mass is 10.0. The molecule has 0 unspecified atom stereocenters. The van der Waals surface area contributed by atoms with Gasteiger partial charge in [0.25, 0.3) is 10.0 Å². The van der Waals surface area contributed by atoms with Gasteiger partial charge >= 0.3 is 6.03 Å². The molecule has 4 rings (SSSR count). The second-order valence-corrected chi connectivity index (χ2v) is 9.57. The first kappa shape index (κ1) is 21.3. The number of hydrogen-bond donors (Lipinski definition) is 2. The highest BCUT2D eigenvalue weighted by Crippen LogP contribution is 2.28. The number of benzene rings is 2. The van der Waals surface area contributed by atoms with Crippen LogP contribution in [0.2, 0.25) is 0 Å². The quantitative estimate of drug-likeness (QED) is 0.706. The van der Waals surface area contributed by atoms with Gasteiger partial charge in [0, 0.05) is 13.0 Å². The number of urea groups is 1. The largest absolute Gasteiger partial charge is 0.374 e. The molecule has 2 bridgehead atoms. The first-order valence-electron chi connectivity index (χ1n) is 10.2. The van der Waals surface area contributed by atoms with Crippen molar-refractivity contribution in [1.29, 1.82) is 0 Å². The number of ether oxygens (including phenoxy) is 1. The second-order valence-electron chi connectivity index (χ2n) is 7.92. The molecule has 31 heavy (non-hydrogen) atoms. The summed E-state index contributed by atoms with van der Waals surface area (Å²) in [6.45, 7) is 2.63. The van der Waals surface area contributed by atoms with Gasteiger partial charge in [0.15, 0.2) is 0 Å². The van der Waals surface area contributed by atoms with Gasteiger partial charge in [0.05, 0.1) is 23.6 Å². The van der Waals surface area contributed by atoms with Crippen LogP contribution in [0.1, 0.15) is 17.5 Å². The molecule has 2 aliphatic rings. The highest BCUT2D eigenvalue weighted by molar-refractivity contribution is 7.90. The summed E-state index contributed by atoms with van der Waals surface area (Å²) in [5.41, 5.74) is 1.39. The minimum absolute atomic E-state index is 0.00339. The van der Waals surface area contributed by atoms with E-state index in [-0.39, 0.29) is 29.4 Å². The third kappa shape index (κ3) is 4.72. The number of amides is 3. The number of rotatable bonds is 6. The van der Waals surface area contributed by atoms with Crippen molar-refractivity contribution in [1.82, 2.24) is 14.9 Å². The van der Waals surface area contributed by atoms with Crippen LogP contribution in [0.3, 0.4) is 0 Å². The van der Waals surface area contributed by atoms with Crippen molar-refractivity contribution in [3.05, 3.63) is 65.7 Å². The maximum Gasteiger partial charge on any atom is 0.329 e. The molecule has 2 aliphatic heterocycles.